The summed E-state index contributed by atoms with van der Waals surface area (Å²) in [6, 6.07) is 9.86. The number of nitriles is 1. The molecule has 0 bridgehead atoms. The zero-order chi connectivity index (χ0) is 14.0. The molecule has 2 rings (SSSR count). The third-order valence-corrected chi connectivity index (χ3v) is 3.06. The molecular formula is C15H18N2O2. The minimum atomic E-state index is -1.23. The normalized spacial score (nSPS) is 24.9. The summed E-state index contributed by atoms with van der Waals surface area (Å²) in [7, 11) is 0. The maximum absolute atomic E-state index is 9.28. The lowest BCUT2D eigenvalue weighted by atomic mass is 9.99. The zero-order valence-corrected chi connectivity index (χ0v) is 11.4. The molecule has 1 saturated heterocycles. The Hall–Kier alpha value is -1.86. The lowest BCUT2D eigenvalue weighted by Crippen LogP contribution is -2.26. The van der Waals surface area contributed by atoms with Crippen LogP contribution >= 0.6 is 0 Å². The Bertz CT molecular complexity index is 516. The lowest BCUT2D eigenvalue weighted by molar-refractivity contribution is 0.230. The van der Waals surface area contributed by atoms with Crippen LogP contribution in [0.2, 0.25) is 0 Å². The highest BCUT2D eigenvalue weighted by Gasteiger charge is 2.63. The molecule has 1 aliphatic rings. The van der Waals surface area contributed by atoms with E-state index in [9.17, 15) is 5.26 Å². The Morgan fingerprint density at radius 2 is 2.11 bits per heavy atom. The SMILES string of the molecule is Cc1ccc([C@H]2O[C@]2(C#N)C(=N)OCC(C)C)cc1. The molecule has 0 unspecified atom stereocenters. The van der Waals surface area contributed by atoms with Crippen molar-refractivity contribution in [2.45, 2.75) is 32.5 Å². The first-order valence-electron chi connectivity index (χ1n) is 6.37. The lowest BCUT2D eigenvalue weighted by Gasteiger charge is -2.11. The Balaban J connectivity index is 2.09. The average molecular weight is 258 g/mol. The topological polar surface area (TPSA) is 69.4 Å². The largest absolute Gasteiger partial charge is 0.478 e. The highest BCUT2D eigenvalue weighted by Crippen LogP contribution is 2.50. The van der Waals surface area contributed by atoms with E-state index in [1.165, 1.54) is 0 Å². The predicted molar refractivity (Wildman–Crippen MR) is 71.9 cm³/mol. The first-order chi connectivity index (χ1) is 8.99. The van der Waals surface area contributed by atoms with E-state index >= 15 is 0 Å². The van der Waals surface area contributed by atoms with E-state index in [2.05, 4.69) is 6.07 Å². The van der Waals surface area contributed by atoms with Crippen LogP contribution < -0.4 is 0 Å². The van der Waals surface area contributed by atoms with Gasteiger partial charge in [-0.25, -0.2) is 0 Å². The van der Waals surface area contributed by atoms with Gasteiger partial charge >= 0.3 is 0 Å². The van der Waals surface area contributed by atoms with E-state index in [4.69, 9.17) is 14.9 Å². The van der Waals surface area contributed by atoms with Crippen LogP contribution in [0.25, 0.3) is 0 Å². The molecule has 1 heterocycles. The van der Waals surface area contributed by atoms with E-state index in [0.29, 0.717) is 12.5 Å². The fraction of sp³-hybridized carbons (Fsp3) is 0.467. The summed E-state index contributed by atoms with van der Waals surface area (Å²) >= 11 is 0. The molecule has 0 saturated carbocycles. The van der Waals surface area contributed by atoms with Gasteiger partial charge in [-0.1, -0.05) is 43.7 Å². The van der Waals surface area contributed by atoms with Crippen molar-refractivity contribution >= 4 is 5.90 Å². The molecule has 4 heteroatoms. The van der Waals surface area contributed by atoms with Crippen LogP contribution in [-0.2, 0) is 9.47 Å². The minimum Gasteiger partial charge on any atom is -0.478 e. The van der Waals surface area contributed by atoms with Gasteiger partial charge < -0.3 is 9.47 Å². The number of nitrogens with one attached hydrogen (secondary N) is 1. The van der Waals surface area contributed by atoms with Crippen molar-refractivity contribution in [2.24, 2.45) is 5.92 Å². The van der Waals surface area contributed by atoms with Gasteiger partial charge in [0.15, 0.2) is 0 Å². The standard InChI is InChI=1S/C15H18N2O2/c1-10(2)8-18-14(17)15(9-16)13(19-15)12-6-4-11(3)5-7-12/h4-7,10,13,17H,8H2,1-3H3/t13-,15+/m1/s1. The van der Waals surface area contributed by atoms with Crippen molar-refractivity contribution in [2.75, 3.05) is 6.61 Å². The number of aryl methyl sites for hydroxylation is 1. The summed E-state index contributed by atoms with van der Waals surface area (Å²) in [6.07, 6.45) is -0.391. The van der Waals surface area contributed by atoms with E-state index in [1.54, 1.807) is 0 Å². The molecule has 0 aromatic heterocycles. The van der Waals surface area contributed by atoms with Crippen molar-refractivity contribution < 1.29 is 9.47 Å². The fourth-order valence-electron chi connectivity index (χ4n) is 1.86. The van der Waals surface area contributed by atoms with Crippen molar-refractivity contribution in [1.82, 2.24) is 0 Å². The molecule has 0 radical (unpaired) electrons. The molecule has 1 aromatic rings. The molecule has 4 nitrogen and oxygen atoms in total. The van der Waals surface area contributed by atoms with Gasteiger partial charge in [0.2, 0.25) is 5.90 Å². The van der Waals surface area contributed by atoms with Crippen LogP contribution in [0.4, 0.5) is 0 Å². The van der Waals surface area contributed by atoms with Gasteiger partial charge in [-0.05, 0) is 18.4 Å². The van der Waals surface area contributed by atoms with Gasteiger partial charge in [-0.15, -0.1) is 0 Å². The van der Waals surface area contributed by atoms with Gasteiger partial charge in [0, 0.05) is 0 Å². The minimum absolute atomic E-state index is 0.0886. The number of hydrogen-bond donors (Lipinski definition) is 1. The third-order valence-electron chi connectivity index (χ3n) is 3.06. The van der Waals surface area contributed by atoms with E-state index in [1.807, 2.05) is 45.0 Å². The zero-order valence-electron chi connectivity index (χ0n) is 11.4. The van der Waals surface area contributed by atoms with Crippen LogP contribution in [0.15, 0.2) is 24.3 Å². The maximum atomic E-state index is 9.28. The Morgan fingerprint density at radius 3 is 2.63 bits per heavy atom. The first-order valence-corrected chi connectivity index (χ1v) is 6.37. The van der Waals surface area contributed by atoms with E-state index in [0.717, 1.165) is 11.1 Å². The van der Waals surface area contributed by atoms with Gasteiger partial charge in [-0.2, -0.15) is 5.26 Å². The highest BCUT2D eigenvalue weighted by molar-refractivity contribution is 5.89. The van der Waals surface area contributed by atoms with Crippen molar-refractivity contribution in [3.05, 3.63) is 35.4 Å². The summed E-state index contributed by atoms with van der Waals surface area (Å²) in [5.74, 6) is 0.224. The second-order valence-corrected chi connectivity index (χ2v) is 5.29. The van der Waals surface area contributed by atoms with E-state index in [-0.39, 0.29) is 5.90 Å². The smallest absolute Gasteiger partial charge is 0.260 e. The average Bonchev–Trinajstić information content (AvgIpc) is 3.13. The second-order valence-electron chi connectivity index (χ2n) is 5.29. The maximum Gasteiger partial charge on any atom is 0.260 e. The molecule has 1 N–H and O–H groups in total. The van der Waals surface area contributed by atoms with Crippen molar-refractivity contribution in [1.29, 1.82) is 10.7 Å². The first kappa shape index (κ1) is 13.6. The summed E-state index contributed by atoms with van der Waals surface area (Å²) < 4.78 is 10.8. The molecule has 2 atom stereocenters. The van der Waals surface area contributed by atoms with Crippen LogP contribution in [0.5, 0.6) is 0 Å². The highest BCUT2D eigenvalue weighted by atomic mass is 16.6. The predicted octanol–water partition coefficient (Wildman–Crippen LogP) is 2.98. The quantitative estimate of drug-likeness (QED) is 0.512. The number of rotatable bonds is 4. The van der Waals surface area contributed by atoms with Crippen LogP contribution in [-0.4, -0.2) is 18.1 Å². The molecule has 0 amide bonds. The molecule has 19 heavy (non-hydrogen) atoms. The molecule has 100 valence electrons. The van der Waals surface area contributed by atoms with Gasteiger partial charge in [0.05, 0.1) is 6.61 Å². The summed E-state index contributed by atoms with van der Waals surface area (Å²) in [5.41, 5.74) is 0.826. The fourth-order valence-corrected chi connectivity index (χ4v) is 1.86. The molecule has 0 spiro atoms. The van der Waals surface area contributed by atoms with Crippen LogP contribution in [0.1, 0.15) is 31.1 Å². The van der Waals surface area contributed by atoms with Crippen LogP contribution in [0.3, 0.4) is 0 Å². The number of ether oxygens (including phenoxy) is 2. The molecule has 1 aliphatic heterocycles. The molecule has 1 fully saturated rings. The van der Waals surface area contributed by atoms with Crippen molar-refractivity contribution in [3.8, 4) is 6.07 Å². The monoisotopic (exact) mass is 258 g/mol. The molecule has 1 aromatic carbocycles. The van der Waals surface area contributed by atoms with E-state index < -0.39 is 11.7 Å². The Labute approximate surface area is 113 Å². The third kappa shape index (κ3) is 2.61. The Morgan fingerprint density at radius 1 is 1.47 bits per heavy atom. The van der Waals surface area contributed by atoms with Gasteiger partial charge in [0.25, 0.3) is 5.60 Å². The number of nitrogens with zero attached hydrogens (tertiary/aromatic N) is 1. The number of epoxide rings is 1. The summed E-state index contributed by atoms with van der Waals surface area (Å²) in [4.78, 5) is 0. The van der Waals surface area contributed by atoms with Gasteiger partial charge in [0.1, 0.15) is 12.2 Å². The molecule has 0 aliphatic carbocycles. The van der Waals surface area contributed by atoms with Gasteiger partial charge in [-0.3, -0.25) is 5.41 Å². The summed E-state index contributed by atoms with van der Waals surface area (Å²) in [6.45, 7) is 6.42. The molecular weight excluding hydrogens is 240 g/mol. The number of hydrogen-bond acceptors (Lipinski definition) is 4. The van der Waals surface area contributed by atoms with Crippen molar-refractivity contribution in [3.63, 3.8) is 0 Å². The Kier molecular flexibility index (Phi) is 3.59. The number of benzene rings is 1. The second kappa shape index (κ2) is 5.02. The summed E-state index contributed by atoms with van der Waals surface area (Å²) in [5, 5.41) is 17.2. The van der Waals surface area contributed by atoms with Crippen LogP contribution in [0, 0.1) is 29.6 Å².